The molecule has 1 heterocycles. The van der Waals surface area contributed by atoms with E-state index in [1.807, 2.05) is 0 Å². The molecule has 0 bridgehead atoms. The Morgan fingerprint density at radius 1 is 1.24 bits per heavy atom. The van der Waals surface area contributed by atoms with Crippen molar-refractivity contribution in [2.75, 3.05) is 18.0 Å². The van der Waals surface area contributed by atoms with Crippen LogP contribution in [-0.4, -0.2) is 25.2 Å². The van der Waals surface area contributed by atoms with E-state index < -0.39 is 11.6 Å². The normalized spacial score (nSPS) is 26.5. The zero-order valence-corrected chi connectivity index (χ0v) is 14.0. The standard InChI is InChI=1S/C16H21BrF2N2/c1-9(2)16-7-20-14(10-3-4-10)8-21(16)15-5-11(17)12(18)6-13(15)19/h5-6,9-10,14,16,20H,3-4,7-8H2,1-2H3. The fourth-order valence-electron chi connectivity index (χ4n) is 3.21. The Hall–Kier alpha value is -0.680. The average molecular weight is 359 g/mol. The van der Waals surface area contributed by atoms with Gasteiger partial charge in [-0.2, -0.15) is 0 Å². The van der Waals surface area contributed by atoms with E-state index in [2.05, 4.69) is 40.0 Å². The van der Waals surface area contributed by atoms with E-state index in [0.717, 1.165) is 19.2 Å². The Morgan fingerprint density at radius 3 is 2.57 bits per heavy atom. The lowest BCUT2D eigenvalue weighted by Crippen LogP contribution is -2.59. The molecule has 2 atom stereocenters. The third-order valence-electron chi connectivity index (χ3n) is 4.64. The number of hydrogen-bond donors (Lipinski definition) is 1. The van der Waals surface area contributed by atoms with Gasteiger partial charge >= 0.3 is 0 Å². The number of halogens is 3. The highest BCUT2D eigenvalue weighted by Crippen LogP contribution is 2.37. The molecule has 0 aromatic heterocycles. The quantitative estimate of drug-likeness (QED) is 0.823. The summed E-state index contributed by atoms with van der Waals surface area (Å²) >= 11 is 3.18. The van der Waals surface area contributed by atoms with Gasteiger partial charge in [-0.1, -0.05) is 13.8 Å². The molecule has 21 heavy (non-hydrogen) atoms. The van der Waals surface area contributed by atoms with Gasteiger partial charge in [-0.25, -0.2) is 8.78 Å². The Labute approximate surface area is 133 Å². The van der Waals surface area contributed by atoms with Gasteiger partial charge in [-0.15, -0.1) is 0 Å². The largest absolute Gasteiger partial charge is 0.363 e. The summed E-state index contributed by atoms with van der Waals surface area (Å²) in [6.45, 7) is 5.94. The van der Waals surface area contributed by atoms with Crippen LogP contribution in [0.4, 0.5) is 14.5 Å². The first-order chi connectivity index (χ1) is 9.97. The van der Waals surface area contributed by atoms with Crippen LogP contribution in [0.25, 0.3) is 0 Å². The van der Waals surface area contributed by atoms with Gasteiger partial charge in [0.05, 0.1) is 10.2 Å². The molecule has 2 fully saturated rings. The van der Waals surface area contributed by atoms with E-state index in [9.17, 15) is 8.78 Å². The topological polar surface area (TPSA) is 15.3 Å². The highest BCUT2D eigenvalue weighted by molar-refractivity contribution is 9.10. The van der Waals surface area contributed by atoms with Crippen molar-refractivity contribution in [1.29, 1.82) is 0 Å². The first kappa shape index (κ1) is 15.2. The van der Waals surface area contributed by atoms with E-state index in [4.69, 9.17) is 0 Å². The highest BCUT2D eigenvalue weighted by atomic mass is 79.9. The number of piperazine rings is 1. The summed E-state index contributed by atoms with van der Waals surface area (Å²) in [5.41, 5.74) is 0.508. The second-order valence-corrected chi connectivity index (χ2v) is 7.39. The molecule has 3 rings (SSSR count). The summed E-state index contributed by atoms with van der Waals surface area (Å²) in [5, 5.41) is 3.61. The second kappa shape index (κ2) is 5.84. The number of hydrogen-bond acceptors (Lipinski definition) is 2. The first-order valence-electron chi connectivity index (χ1n) is 7.62. The van der Waals surface area contributed by atoms with E-state index in [0.29, 0.717) is 28.0 Å². The van der Waals surface area contributed by atoms with Crippen molar-refractivity contribution in [3.05, 3.63) is 28.2 Å². The molecule has 0 amide bonds. The van der Waals surface area contributed by atoms with Crippen LogP contribution in [0.2, 0.25) is 0 Å². The van der Waals surface area contributed by atoms with Crippen LogP contribution < -0.4 is 10.2 Å². The maximum Gasteiger partial charge on any atom is 0.149 e. The molecule has 1 saturated heterocycles. The number of rotatable bonds is 3. The van der Waals surface area contributed by atoms with Gasteiger partial charge in [0.15, 0.2) is 0 Å². The molecule has 2 unspecified atom stereocenters. The van der Waals surface area contributed by atoms with Crippen molar-refractivity contribution in [2.24, 2.45) is 11.8 Å². The Morgan fingerprint density at radius 2 is 1.95 bits per heavy atom. The summed E-state index contributed by atoms with van der Waals surface area (Å²) in [6, 6.07) is 3.20. The molecule has 1 N–H and O–H groups in total. The summed E-state index contributed by atoms with van der Waals surface area (Å²) in [7, 11) is 0. The monoisotopic (exact) mass is 358 g/mol. The predicted octanol–water partition coefficient (Wildman–Crippen LogP) is 3.94. The molecule has 2 aliphatic rings. The van der Waals surface area contributed by atoms with Crippen LogP contribution >= 0.6 is 15.9 Å². The summed E-state index contributed by atoms with van der Waals surface area (Å²) in [6.07, 6.45) is 2.51. The van der Waals surface area contributed by atoms with Gasteiger partial charge in [0.25, 0.3) is 0 Å². The van der Waals surface area contributed by atoms with Gasteiger partial charge in [0, 0.05) is 31.2 Å². The van der Waals surface area contributed by atoms with Crippen LogP contribution in [0.5, 0.6) is 0 Å². The average Bonchev–Trinajstić information content (AvgIpc) is 3.26. The number of nitrogens with one attached hydrogen (secondary N) is 1. The minimum Gasteiger partial charge on any atom is -0.363 e. The molecule has 0 spiro atoms. The van der Waals surface area contributed by atoms with E-state index in [1.165, 1.54) is 12.8 Å². The number of nitrogens with zero attached hydrogens (tertiary/aromatic N) is 1. The zero-order chi connectivity index (χ0) is 15.1. The molecule has 2 nitrogen and oxygen atoms in total. The maximum atomic E-state index is 14.3. The van der Waals surface area contributed by atoms with Crippen molar-refractivity contribution in [2.45, 2.75) is 38.8 Å². The molecule has 5 heteroatoms. The molecule has 116 valence electrons. The van der Waals surface area contributed by atoms with Crippen LogP contribution in [0, 0.1) is 23.5 Å². The third-order valence-corrected chi connectivity index (χ3v) is 5.25. The van der Waals surface area contributed by atoms with E-state index in [1.54, 1.807) is 6.07 Å². The second-order valence-electron chi connectivity index (χ2n) is 6.53. The zero-order valence-electron chi connectivity index (χ0n) is 12.4. The minimum atomic E-state index is -0.550. The lowest BCUT2D eigenvalue weighted by Gasteiger charge is -2.44. The fourth-order valence-corrected chi connectivity index (χ4v) is 3.54. The Kier molecular flexibility index (Phi) is 4.23. The molecule has 1 saturated carbocycles. The number of benzene rings is 1. The Balaban J connectivity index is 1.92. The molecular formula is C16H21BrF2N2. The fraction of sp³-hybridized carbons (Fsp3) is 0.625. The van der Waals surface area contributed by atoms with Crippen molar-refractivity contribution >= 4 is 21.6 Å². The summed E-state index contributed by atoms with van der Waals surface area (Å²) in [4.78, 5) is 2.13. The summed E-state index contributed by atoms with van der Waals surface area (Å²) < 4.78 is 28.1. The van der Waals surface area contributed by atoms with Gasteiger partial charge in [0.1, 0.15) is 11.6 Å². The molecule has 1 aliphatic carbocycles. The van der Waals surface area contributed by atoms with Gasteiger partial charge in [0.2, 0.25) is 0 Å². The van der Waals surface area contributed by atoms with Crippen LogP contribution in [0.3, 0.4) is 0 Å². The van der Waals surface area contributed by atoms with Crippen molar-refractivity contribution in [1.82, 2.24) is 5.32 Å². The molecule has 1 aliphatic heterocycles. The number of anilines is 1. The Bertz CT molecular complexity index is 531. The molecule has 0 radical (unpaired) electrons. The highest BCUT2D eigenvalue weighted by Gasteiger charge is 2.38. The van der Waals surface area contributed by atoms with Gasteiger partial charge in [-0.05, 0) is 46.7 Å². The van der Waals surface area contributed by atoms with Crippen LogP contribution in [-0.2, 0) is 0 Å². The van der Waals surface area contributed by atoms with Crippen molar-refractivity contribution in [3.8, 4) is 0 Å². The summed E-state index contributed by atoms with van der Waals surface area (Å²) in [5.74, 6) is 0.0949. The maximum absolute atomic E-state index is 14.3. The van der Waals surface area contributed by atoms with E-state index >= 15 is 0 Å². The third kappa shape index (κ3) is 3.09. The van der Waals surface area contributed by atoms with Crippen molar-refractivity contribution in [3.63, 3.8) is 0 Å². The predicted molar refractivity (Wildman–Crippen MR) is 84.5 cm³/mol. The van der Waals surface area contributed by atoms with Gasteiger partial charge in [-0.3, -0.25) is 0 Å². The van der Waals surface area contributed by atoms with Crippen molar-refractivity contribution < 1.29 is 8.78 Å². The molecular weight excluding hydrogens is 338 g/mol. The van der Waals surface area contributed by atoms with E-state index in [-0.39, 0.29) is 6.04 Å². The lowest BCUT2D eigenvalue weighted by molar-refractivity contribution is 0.317. The smallest absolute Gasteiger partial charge is 0.149 e. The van der Waals surface area contributed by atoms with Gasteiger partial charge < -0.3 is 10.2 Å². The first-order valence-corrected chi connectivity index (χ1v) is 8.41. The van der Waals surface area contributed by atoms with Crippen LogP contribution in [0.15, 0.2) is 16.6 Å². The lowest BCUT2D eigenvalue weighted by atomic mass is 9.96. The van der Waals surface area contributed by atoms with Crippen LogP contribution in [0.1, 0.15) is 26.7 Å². The SMILES string of the molecule is CC(C)C1CNC(C2CC2)CN1c1cc(Br)c(F)cc1F. The minimum absolute atomic E-state index is 0.229. The molecule has 1 aromatic rings. The molecule has 1 aromatic carbocycles.